The Morgan fingerprint density at radius 3 is 2.71 bits per heavy atom. The summed E-state index contributed by atoms with van der Waals surface area (Å²) in [5.41, 5.74) is 0.613. The number of rotatable bonds is 4. The summed E-state index contributed by atoms with van der Waals surface area (Å²) in [6.45, 7) is -0.492. The van der Waals surface area contributed by atoms with Crippen molar-refractivity contribution in [3.05, 3.63) is 33.7 Å². The van der Waals surface area contributed by atoms with Crippen molar-refractivity contribution < 1.29 is 24.2 Å². The van der Waals surface area contributed by atoms with Gasteiger partial charge in [-0.15, -0.1) is 0 Å². The molecule has 0 bridgehead atoms. The lowest BCUT2D eigenvalue weighted by molar-refractivity contribution is -0.139. The Hall–Kier alpha value is -1.99. The maximum atomic E-state index is 11.7. The van der Waals surface area contributed by atoms with Crippen molar-refractivity contribution >= 4 is 46.6 Å². The molecule has 1 aliphatic rings. The van der Waals surface area contributed by atoms with Gasteiger partial charge in [0.05, 0.1) is 9.93 Å². The second-order valence-electron chi connectivity index (χ2n) is 4.11. The smallest absolute Gasteiger partial charge is 0.341 e. The van der Waals surface area contributed by atoms with E-state index >= 15 is 0 Å². The van der Waals surface area contributed by atoms with E-state index in [0.29, 0.717) is 10.5 Å². The molecule has 1 aliphatic heterocycles. The average Bonchev–Trinajstić information content (AvgIpc) is 2.65. The van der Waals surface area contributed by atoms with Crippen LogP contribution in [0.5, 0.6) is 5.75 Å². The fourth-order valence-electron chi connectivity index (χ4n) is 1.56. The summed E-state index contributed by atoms with van der Waals surface area (Å²) in [5, 5.41) is 8.42. The largest absolute Gasteiger partial charge is 0.480 e. The van der Waals surface area contributed by atoms with Gasteiger partial charge < -0.3 is 9.84 Å². The van der Waals surface area contributed by atoms with Gasteiger partial charge in [0.15, 0.2) is 6.61 Å². The van der Waals surface area contributed by atoms with Gasteiger partial charge in [0.2, 0.25) is 0 Å². The van der Waals surface area contributed by atoms with E-state index in [1.54, 1.807) is 12.1 Å². The van der Waals surface area contributed by atoms with Gasteiger partial charge in [-0.05, 0) is 35.5 Å². The first-order chi connectivity index (χ1) is 9.88. The van der Waals surface area contributed by atoms with Gasteiger partial charge >= 0.3 is 5.97 Å². The van der Waals surface area contributed by atoms with Gasteiger partial charge in [-0.1, -0.05) is 17.7 Å². The molecule has 1 aromatic rings. The molecule has 0 aromatic heterocycles. The van der Waals surface area contributed by atoms with Gasteiger partial charge in [0.1, 0.15) is 5.75 Å². The number of amides is 2. The number of benzene rings is 1. The predicted octanol–water partition coefficient (Wildman–Crippen LogP) is 2.47. The number of carboxylic acids is 1. The number of carboxylic acid groups (broad SMARTS) is 1. The zero-order valence-corrected chi connectivity index (χ0v) is 12.4. The zero-order valence-electron chi connectivity index (χ0n) is 10.8. The van der Waals surface area contributed by atoms with Gasteiger partial charge in [0.25, 0.3) is 11.1 Å². The van der Waals surface area contributed by atoms with Crippen molar-refractivity contribution in [3.63, 3.8) is 0 Å². The fraction of sp³-hybridized carbons (Fsp3) is 0.154. The molecule has 21 heavy (non-hydrogen) atoms. The number of likely N-dealkylation sites (N-methyl/N-ethyl adjacent to an activating group) is 1. The maximum Gasteiger partial charge on any atom is 0.341 e. The van der Waals surface area contributed by atoms with Gasteiger partial charge in [-0.25, -0.2) is 4.79 Å². The van der Waals surface area contributed by atoms with E-state index < -0.39 is 12.6 Å². The van der Waals surface area contributed by atoms with Crippen molar-refractivity contribution in [2.75, 3.05) is 13.7 Å². The number of carbonyl (C=O) groups is 3. The standard InChI is InChI=1S/C13H10ClNO5S/c1-15-12(18)10(21-13(15)19)5-7-2-3-9(8(14)4-7)20-6-11(16)17/h2-5H,6H2,1H3,(H,16,17)/b10-5+. The second kappa shape index (κ2) is 6.19. The molecule has 0 radical (unpaired) electrons. The van der Waals surface area contributed by atoms with E-state index in [4.69, 9.17) is 21.4 Å². The van der Waals surface area contributed by atoms with E-state index in [9.17, 15) is 14.4 Å². The van der Waals surface area contributed by atoms with Crippen LogP contribution in [0.15, 0.2) is 23.1 Å². The highest BCUT2D eigenvalue weighted by atomic mass is 35.5. The Kier molecular flexibility index (Phi) is 4.54. The summed E-state index contributed by atoms with van der Waals surface area (Å²) in [4.78, 5) is 34.9. The molecule has 8 heteroatoms. The topological polar surface area (TPSA) is 83.9 Å². The van der Waals surface area contributed by atoms with Crippen LogP contribution in [0, 0.1) is 0 Å². The normalized spacial score (nSPS) is 16.7. The van der Waals surface area contributed by atoms with Crippen LogP contribution < -0.4 is 4.74 Å². The van der Waals surface area contributed by atoms with E-state index in [1.807, 2.05) is 0 Å². The summed E-state index contributed by atoms with van der Waals surface area (Å²) in [6, 6.07) is 4.66. The number of thioether (sulfide) groups is 1. The molecule has 1 N–H and O–H groups in total. The number of nitrogens with zero attached hydrogens (tertiary/aromatic N) is 1. The first-order valence-electron chi connectivity index (χ1n) is 5.74. The van der Waals surface area contributed by atoms with Crippen LogP contribution in [0.3, 0.4) is 0 Å². The van der Waals surface area contributed by atoms with Gasteiger partial charge in [-0.3, -0.25) is 14.5 Å². The minimum Gasteiger partial charge on any atom is -0.480 e. The summed E-state index contributed by atoms with van der Waals surface area (Å²) in [6.07, 6.45) is 1.54. The first-order valence-corrected chi connectivity index (χ1v) is 6.93. The van der Waals surface area contributed by atoms with Crippen LogP contribution in [0.25, 0.3) is 6.08 Å². The number of halogens is 1. The molecule has 0 aliphatic carbocycles. The molecule has 1 aromatic carbocycles. The van der Waals surface area contributed by atoms with Gasteiger partial charge in [-0.2, -0.15) is 0 Å². The van der Waals surface area contributed by atoms with E-state index in [2.05, 4.69) is 0 Å². The molecular weight excluding hydrogens is 318 g/mol. The molecule has 0 unspecified atom stereocenters. The molecular formula is C13H10ClNO5S. The van der Waals surface area contributed by atoms with E-state index in [-0.39, 0.29) is 21.9 Å². The highest BCUT2D eigenvalue weighted by Crippen LogP contribution is 2.32. The summed E-state index contributed by atoms with van der Waals surface area (Å²) in [5.74, 6) is -1.24. The number of hydrogen-bond donors (Lipinski definition) is 1. The van der Waals surface area contributed by atoms with Crippen molar-refractivity contribution in [2.45, 2.75) is 0 Å². The van der Waals surface area contributed by atoms with E-state index in [0.717, 1.165) is 16.7 Å². The van der Waals surface area contributed by atoms with Crippen LogP contribution in [0.2, 0.25) is 5.02 Å². The third kappa shape index (κ3) is 3.56. The van der Waals surface area contributed by atoms with Crippen LogP contribution in [0.4, 0.5) is 4.79 Å². The summed E-state index contributed by atoms with van der Waals surface area (Å²) >= 11 is 6.82. The third-order valence-corrected chi connectivity index (χ3v) is 3.85. The summed E-state index contributed by atoms with van der Waals surface area (Å²) < 4.78 is 4.99. The lowest BCUT2D eigenvalue weighted by atomic mass is 10.2. The Labute approximate surface area is 129 Å². The average molecular weight is 328 g/mol. The quantitative estimate of drug-likeness (QED) is 0.855. The Balaban J connectivity index is 2.19. The second-order valence-corrected chi connectivity index (χ2v) is 5.51. The molecule has 0 atom stereocenters. The molecule has 0 saturated carbocycles. The van der Waals surface area contributed by atoms with Crippen molar-refractivity contribution in [1.29, 1.82) is 0 Å². The fourth-order valence-corrected chi connectivity index (χ4v) is 2.63. The van der Waals surface area contributed by atoms with Crippen LogP contribution in [-0.4, -0.2) is 40.8 Å². The first kappa shape index (κ1) is 15.4. The van der Waals surface area contributed by atoms with Crippen molar-refractivity contribution in [1.82, 2.24) is 4.90 Å². The Morgan fingerprint density at radius 2 is 2.19 bits per heavy atom. The number of aliphatic carboxylic acids is 1. The third-order valence-electron chi connectivity index (χ3n) is 2.59. The maximum absolute atomic E-state index is 11.7. The molecule has 1 fully saturated rings. The number of imide groups is 1. The SMILES string of the molecule is CN1C(=O)S/C(=C/c2ccc(OCC(=O)O)c(Cl)c2)C1=O. The monoisotopic (exact) mass is 327 g/mol. The number of carbonyl (C=O) groups excluding carboxylic acids is 2. The van der Waals surface area contributed by atoms with Crippen LogP contribution in [-0.2, 0) is 9.59 Å². The molecule has 2 rings (SSSR count). The van der Waals surface area contributed by atoms with Crippen LogP contribution >= 0.6 is 23.4 Å². The minimum absolute atomic E-state index is 0.223. The zero-order chi connectivity index (χ0) is 15.6. The highest BCUT2D eigenvalue weighted by Gasteiger charge is 2.31. The molecule has 6 nitrogen and oxygen atoms in total. The lowest BCUT2D eigenvalue weighted by Crippen LogP contribution is -2.22. The number of ether oxygens (including phenoxy) is 1. The Bertz CT molecular complexity index is 658. The lowest BCUT2D eigenvalue weighted by Gasteiger charge is -2.06. The molecule has 0 spiro atoms. The minimum atomic E-state index is -1.10. The van der Waals surface area contributed by atoms with Crippen LogP contribution in [0.1, 0.15) is 5.56 Å². The Morgan fingerprint density at radius 1 is 1.48 bits per heavy atom. The molecule has 1 saturated heterocycles. The molecule has 110 valence electrons. The van der Waals surface area contributed by atoms with E-state index in [1.165, 1.54) is 19.2 Å². The van der Waals surface area contributed by atoms with Crippen molar-refractivity contribution in [3.8, 4) is 5.75 Å². The summed E-state index contributed by atoms with van der Waals surface area (Å²) in [7, 11) is 1.41. The van der Waals surface area contributed by atoms with Gasteiger partial charge in [0, 0.05) is 7.05 Å². The highest BCUT2D eigenvalue weighted by molar-refractivity contribution is 8.18. The van der Waals surface area contributed by atoms with Crippen molar-refractivity contribution in [2.24, 2.45) is 0 Å². The molecule has 1 heterocycles. The predicted molar refractivity (Wildman–Crippen MR) is 78.3 cm³/mol. The number of hydrogen-bond acceptors (Lipinski definition) is 5. The molecule has 2 amide bonds.